The van der Waals surface area contributed by atoms with Crippen LogP contribution in [0.25, 0.3) is 11.3 Å². The smallest absolute Gasteiger partial charge is 0.289 e. The van der Waals surface area contributed by atoms with Crippen molar-refractivity contribution >= 4 is 15.9 Å². The molecule has 2 aromatic carbocycles. The van der Waals surface area contributed by atoms with E-state index in [0.717, 1.165) is 6.07 Å². The van der Waals surface area contributed by atoms with Gasteiger partial charge in [0.2, 0.25) is 10.0 Å². The summed E-state index contributed by atoms with van der Waals surface area (Å²) in [5, 5.41) is 0. The summed E-state index contributed by atoms with van der Waals surface area (Å²) in [6.45, 7) is 0.461. The van der Waals surface area contributed by atoms with Crippen LogP contribution in [-0.4, -0.2) is 49.7 Å². The molecule has 2 heterocycles. The second kappa shape index (κ2) is 8.00. The second-order valence-corrected chi connectivity index (χ2v) is 8.74. The Labute approximate surface area is 172 Å². The number of carbonyl (C=O) groups excluding carboxylic acids is 1. The topological polar surface area (TPSA) is 70.8 Å². The highest BCUT2D eigenvalue weighted by molar-refractivity contribution is 7.89. The zero-order chi connectivity index (χ0) is 21.3. The van der Waals surface area contributed by atoms with Crippen molar-refractivity contribution in [3.8, 4) is 11.3 Å². The van der Waals surface area contributed by atoms with Crippen molar-refractivity contribution in [3.05, 3.63) is 78.1 Å². The fourth-order valence-electron chi connectivity index (χ4n) is 3.32. The number of amides is 1. The highest BCUT2D eigenvalue weighted by Gasteiger charge is 2.31. The van der Waals surface area contributed by atoms with Crippen molar-refractivity contribution in [1.82, 2.24) is 9.21 Å². The monoisotopic (exact) mass is 432 g/mol. The van der Waals surface area contributed by atoms with Crippen LogP contribution in [0.15, 0.2) is 70.0 Å². The normalized spacial score (nSPS) is 15.3. The van der Waals surface area contributed by atoms with E-state index >= 15 is 0 Å². The van der Waals surface area contributed by atoms with Crippen LogP contribution in [0.3, 0.4) is 0 Å². The van der Waals surface area contributed by atoms with Crippen LogP contribution in [-0.2, 0) is 10.0 Å². The van der Waals surface area contributed by atoms with Crippen molar-refractivity contribution in [3.63, 3.8) is 0 Å². The van der Waals surface area contributed by atoms with Crippen LogP contribution in [0.4, 0.5) is 8.78 Å². The number of nitrogens with zero attached hydrogens (tertiary/aromatic N) is 2. The van der Waals surface area contributed by atoms with E-state index in [1.54, 1.807) is 18.2 Å². The number of carbonyl (C=O) groups is 1. The van der Waals surface area contributed by atoms with E-state index in [1.165, 1.54) is 45.6 Å². The second-order valence-electron chi connectivity index (χ2n) is 6.80. The summed E-state index contributed by atoms with van der Waals surface area (Å²) in [5.74, 6) is -1.20. The number of rotatable bonds is 4. The predicted molar refractivity (Wildman–Crippen MR) is 105 cm³/mol. The van der Waals surface area contributed by atoms with Gasteiger partial charge in [-0.15, -0.1) is 0 Å². The molecule has 156 valence electrons. The number of benzene rings is 2. The van der Waals surface area contributed by atoms with Gasteiger partial charge in [-0.05, 0) is 42.5 Å². The molecule has 30 heavy (non-hydrogen) atoms. The van der Waals surface area contributed by atoms with Gasteiger partial charge in [0.05, 0.1) is 10.5 Å². The van der Waals surface area contributed by atoms with Gasteiger partial charge in [0.1, 0.15) is 17.4 Å². The third kappa shape index (κ3) is 3.86. The van der Waals surface area contributed by atoms with Gasteiger partial charge in [-0.2, -0.15) is 4.31 Å². The van der Waals surface area contributed by atoms with Gasteiger partial charge in [0.15, 0.2) is 5.76 Å². The maximum absolute atomic E-state index is 13.9. The molecule has 1 amide bonds. The quantitative estimate of drug-likeness (QED) is 0.634. The molecule has 0 aliphatic carbocycles. The number of sulfonamides is 1. The number of furan rings is 1. The van der Waals surface area contributed by atoms with Gasteiger partial charge in [0, 0.05) is 26.2 Å². The van der Waals surface area contributed by atoms with Crippen LogP contribution < -0.4 is 0 Å². The number of hydrogen-bond acceptors (Lipinski definition) is 4. The first kappa shape index (κ1) is 20.2. The van der Waals surface area contributed by atoms with Crippen molar-refractivity contribution < 1.29 is 26.4 Å². The van der Waals surface area contributed by atoms with Crippen LogP contribution in [0.2, 0.25) is 0 Å². The van der Waals surface area contributed by atoms with E-state index in [0.29, 0.717) is 0 Å². The first-order chi connectivity index (χ1) is 14.4. The van der Waals surface area contributed by atoms with Gasteiger partial charge in [-0.1, -0.05) is 18.2 Å². The lowest BCUT2D eigenvalue weighted by molar-refractivity contribution is 0.0667. The lowest BCUT2D eigenvalue weighted by Gasteiger charge is -2.33. The summed E-state index contributed by atoms with van der Waals surface area (Å²) in [5.41, 5.74) is 0.252. The van der Waals surface area contributed by atoms with Gasteiger partial charge >= 0.3 is 0 Å². The van der Waals surface area contributed by atoms with Gasteiger partial charge in [0.25, 0.3) is 5.91 Å². The molecule has 0 atom stereocenters. The predicted octanol–water partition coefficient (Wildman–Crippen LogP) is 3.37. The molecule has 0 unspecified atom stereocenters. The first-order valence-electron chi connectivity index (χ1n) is 9.26. The van der Waals surface area contributed by atoms with Crippen molar-refractivity contribution in [2.45, 2.75) is 4.90 Å². The summed E-state index contributed by atoms with van der Waals surface area (Å²) < 4.78 is 59.4. The molecule has 0 N–H and O–H groups in total. The Morgan fingerprint density at radius 2 is 1.63 bits per heavy atom. The minimum absolute atomic E-state index is 0.0506. The molecule has 3 aromatic rings. The lowest BCUT2D eigenvalue weighted by atomic mass is 10.1. The molecular weight excluding hydrogens is 414 g/mol. The average Bonchev–Trinajstić information content (AvgIpc) is 3.23. The molecule has 1 saturated heterocycles. The molecule has 0 radical (unpaired) electrons. The zero-order valence-corrected chi connectivity index (χ0v) is 16.6. The molecule has 0 spiro atoms. The summed E-state index contributed by atoms with van der Waals surface area (Å²) in [6, 6.07) is 13.9. The zero-order valence-electron chi connectivity index (χ0n) is 15.8. The molecular formula is C21H18F2N2O4S. The summed E-state index contributed by atoms with van der Waals surface area (Å²) >= 11 is 0. The highest BCUT2D eigenvalue weighted by Crippen LogP contribution is 2.26. The molecule has 6 nitrogen and oxygen atoms in total. The number of halogens is 2. The third-order valence-corrected chi connectivity index (χ3v) is 6.81. The highest BCUT2D eigenvalue weighted by atomic mass is 32.2. The van der Waals surface area contributed by atoms with Crippen LogP contribution in [0, 0.1) is 11.6 Å². The third-order valence-electron chi connectivity index (χ3n) is 4.92. The fraction of sp³-hybridized carbons (Fsp3) is 0.190. The number of hydrogen-bond donors (Lipinski definition) is 0. The Kier molecular flexibility index (Phi) is 5.40. The molecule has 1 aliphatic heterocycles. The van der Waals surface area contributed by atoms with E-state index in [9.17, 15) is 22.0 Å². The van der Waals surface area contributed by atoms with Crippen LogP contribution in [0.1, 0.15) is 10.6 Å². The minimum Gasteiger partial charge on any atom is -0.451 e. The Bertz CT molecular complexity index is 1180. The Balaban J connectivity index is 1.45. The maximum atomic E-state index is 13.9. The lowest BCUT2D eigenvalue weighted by Crippen LogP contribution is -2.50. The summed E-state index contributed by atoms with van der Waals surface area (Å²) in [7, 11) is -3.84. The molecule has 0 saturated carbocycles. The van der Waals surface area contributed by atoms with Crippen molar-refractivity contribution in [1.29, 1.82) is 0 Å². The molecule has 4 rings (SSSR count). The average molecular weight is 432 g/mol. The van der Waals surface area contributed by atoms with E-state index in [4.69, 9.17) is 4.42 Å². The van der Waals surface area contributed by atoms with Crippen molar-refractivity contribution in [2.75, 3.05) is 26.2 Å². The minimum atomic E-state index is -3.84. The maximum Gasteiger partial charge on any atom is 0.289 e. The van der Waals surface area contributed by atoms with E-state index in [2.05, 4.69) is 0 Å². The number of piperazine rings is 1. The van der Waals surface area contributed by atoms with Crippen LogP contribution in [0.5, 0.6) is 0 Å². The van der Waals surface area contributed by atoms with E-state index < -0.39 is 27.6 Å². The molecule has 0 bridgehead atoms. The van der Waals surface area contributed by atoms with E-state index in [1.807, 2.05) is 0 Å². The summed E-state index contributed by atoms with van der Waals surface area (Å²) in [6.07, 6.45) is 0. The standard InChI is InChI=1S/C21H18F2N2O4S/c22-15-4-3-5-16(14-15)30(27,28)25-12-10-24(11-13-25)21(26)20-9-8-19(29-20)17-6-1-2-7-18(17)23/h1-9,14H,10-13H2. The van der Waals surface area contributed by atoms with Gasteiger partial charge in [-0.25, -0.2) is 17.2 Å². The van der Waals surface area contributed by atoms with E-state index in [-0.39, 0.29) is 48.2 Å². The Morgan fingerprint density at radius 1 is 0.900 bits per heavy atom. The van der Waals surface area contributed by atoms with Crippen LogP contribution >= 0.6 is 0 Å². The molecule has 9 heteroatoms. The van der Waals surface area contributed by atoms with Gasteiger partial charge < -0.3 is 9.32 Å². The Hall–Kier alpha value is -3.04. The SMILES string of the molecule is O=C(c1ccc(-c2ccccc2F)o1)N1CCN(S(=O)(=O)c2cccc(F)c2)CC1. The molecule has 1 aliphatic rings. The largest absolute Gasteiger partial charge is 0.451 e. The van der Waals surface area contributed by atoms with Gasteiger partial charge in [-0.3, -0.25) is 4.79 Å². The molecule has 1 fully saturated rings. The Morgan fingerprint density at radius 3 is 2.33 bits per heavy atom. The van der Waals surface area contributed by atoms with Crippen molar-refractivity contribution in [2.24, 2.45) is 0 Å². The molecule has 1 aromatic heterocycles. The summed E-state index contributed by atoms with van der Waals surface area (Å²) in [4.78, 5) is 14.1. The first-order valence-corrected chi connectivity index (χ1v) is 10.7. The fourth-order valence-corrected chi connectivity index (χ4v) is 4.78.